The summed E-state index contributed by atoms with van der Waals surface area (Å²) in [6.45, 7) is 3.57. The summed E-state index contributed by atoms with van der Waals surface area (Å²) in [5.74, 6) is -0.358. The van der Waals surface area contributed by atoms with Gasteiger partial charge in [-0.1, -0.05) is 35.9 Å². The molecule has 28 heavy (non-hydrogen) atoms. The van der Waals surface area contributed by atoms with Gasteiger partial charge >= 0.3 is 6.18 Å². The first-order chi connectivity index (χ1) is 13.2. The van der Waals surface area contributed by atoms with Crippen molar-refractivity contribution in [1.82, 2.24) is 9.88 Å². The van der Waals surface area contributed by atoms with Gasteiger partial charge in [-0.05, 0) is 49.7 Å². The van der Waals surface area contributed by atoms with E-state index in [2.05, 4.69) is 5.32 Å². The Morgan fingerprint density at radius 1 is 1.07 bits per heavy atom. The molecule has 1 N–H and O–H groups in total. The van der Waals surface area contributed by atoms with E-state index < -0.39 is 11.7 Å². The molecule has 0 bridgehead atoms. The van der Waals surface area contributed by atoms with Crippen LogP contribution in [0.4, 0.5) is 13.2 Å². The van der Waals surface area contributed by atoms with E-state index in [1.807, 2.05) is 6.07 Å². The molecule has 0 aliphatic heterocycles. The van der Waals surface area contributed by atoms with Gasteiger partial charge < -0.3 is 9.88 Å². The highest BCUT2D eigenvalue weighted by molar-refractivity contribution is 6.30. The quantitative estimate of drug-likeness (QED) is 0.592. The van der Waals surface area contributed by atoms with Crippen LogP contribution in [-0.4, -0.2) is 10.5 Å². The van der Waals surface area contributed by atoms with Crippen molar-refractivity contribution in [2.24, 2.45) is 0 Å². The molecule has 1 heterocycles. The van der Waals surface area contributed by atoms with Crippen LogP contribution in [0.5, 0.6) is 0 Å². The molecule has 0 saturated heterocycles. The fraction of sp³-hybridized carbons (Fsp3) is 0.190. The lowest BCUT2D eigenvalue weighted by molar-refractivity contribution is -0.137. The van der Waals surface area contributed by atoms with Crippen LogP contribution in [-0.2, 0) is 12.7 Å². The molecular weight excluding hydrogens is 389 g/mol. The van der Waals surface area contributed by atoms with Crippen molar-refractivity contribution in [1.29, 1.82) is 0 Å². The van der Waals surface area contributed by atoms with E-state index >= 15 is 0 Å². The van der Waals surface area contributed by atoms with Crippen LogP contribution in [0.2, 0.25) is 5.02 Å². The molecule has 0 atom stereocenters. The first-order valence-corrected chi connectivity index (χ1v) is 8.94. The number of carbonyl (C=O) groups excluding carboxylic acids is 1. The van der Waals surface area contributed by atoms with Gasteiger partial charge in [0.1, 0.15) is 0 Å². The summed E-state index contributed by atoms with van der Waals surface area (Å²) in [7, 11) is 0. The number of aromatic nitrogens is 1. The Balaban J connectivity index is 1.92. The topological polar surface area (TPSA) is 34.0 Å². The molecule has 0 aliphatic rings. The number of para-hydroxylation sites is 1. The molecular formula is C21H18ClF3N2O. The molecule has 0 fully saturated rings. The van der Waals surface area contributed by atoms with Crippen molar-refractivity contribution < 1.29 is 18.0 Å². The summed E-state index contributed by atoms with van der Waals surface area (Å²) >= 11 is 5.94. The Morgan fingerprint density at radius 3 is 2.46 bits per heavy atom. The number of hydrogen-bond acceptors (Lipinski definition) is 1. The summed E-state index contributed by atoms with van der Waals surface area (Å²) in [6, 6.07) is 14.0. The van der Waals surface area contributed by atoms with E-state index in [0.29, 0.717) is 22.0 Å². The summed E-state index contributed by atoms with van der Waals surface area (Å²) in [4.78, 5) is 12.6. The molecule has 7 heteroatoms. The number of alkyl halides is 3. The van der Waals surface area contributed by atoms with Crippen LogP contribution in [0.15, 0.2) is 54.6 Å². The van der Waals surface area contributed by atoms with E-state index in [0.717, 1.165) is 11.6 Å². The molecule has 0 radical (unpaired) electrons. The third-order valence-corrected chi connectivity index (χ3v) is 4.70. The number of nitrogens with one attached hydrogen (secondary N) is 1. The minimum atomic E-state index is -4.49. The molecule has 146 valence electrons. The van der Waals surface area contributed by atoms with Crippen molar-refractivity contribution >= 4 is 17.5 Å². The Hall–Kier alpha value is -2.73. The highest BCUT2D eigenvalue weighted by Crippen LogP contribution is 2.35. The van der Waals surface area contributed by atoms with Crippen molar-refractivity contribution in [2.45, 2.75) is 26.6 Å². The van der Waals surface area contributed by atoms with E-state index in [-0.39, 0.29) is 18.1 Å². The molecule has 1 amide bonds. The number of halogens is 4. The third-order valence-electron chi connectivity index (χ3n) is 4.47. The van der Waals surface area contributed by atoms with E-state index in [9.17, 15) is 18.0 Å². The van der Waals surface area contributed by atoms with E-state index in [1.54, 1.807) is 44.2 Å². The van der Waals surface area contributed by atoms with Crippen LogP contribution >= 0.6 is 11.6 Å². The van der Waals surface area contributed by atoms with Gasteiger partial charge in [-0.3, -0.25) is 4.79 Å². The van der Waals surface area contributed by atoms with Crippen LogP contribution in [0.1, 0.15) is 32.9 Å². The Bertz CT molecular complexity index is 1020. The first-order valence-electron chi connectivity index (χ1n) is 8.56. The van der Waals surface area contributed by atoms with Gasteiger partial charge in [-0.15, -0.1) is 0 Å². The highest BCUT2D eigenvalue weighted by atomic mass is 35.5. The number of hydrogen-bond donors (Lipinski definition) is 1. The standard InChI is InChI=1S/C21H18ClF3N2O/c1-13-10-17(20(28)26-12-15-6-5-7-16(22)11-15)14(2)27(13)19-9-4-3-8-18(19)21(23,24)25/h3-11H,12H2,1-2H3,(H,26,28). The van der Waals surface area contributed by atoms with Gasteiger partial charge in [0, 0.05) is 23.0 Å². The molecule has 0 aliphatic carbocycles. The zero-order chi connectivity index (χ0) is 20.5. The maximum Gasteiger partial charge on any atom is 0.418 e. The molecule has 0 saturated carbocycles. The lowest BCUT2D eigenvalue weighted by Crippen LogP contribution is -2.23. The number of rotatable bonds is 4. The fourth-order valence-electron chi connectivity index (χ4n) is 3.20. The predicted molar refractivity (Wildman–Crippen MR) is 103 cm³/mol. The lowest BCUT2D eigenvalue weighted by atomic mass is 10.1. The van der Waals surface area contributed by atoms with Gasteiger partial charge in [0.25, 0.3) is 5.91 Å². The fourth-order valence-corrected chi connectivity index (χ4v) is 3.41. The number of benzene rings is 2. The maximum absolute atomic E-state index is 13.4. The normalized spacial score (nSPS) is 11.5. The number of nitrogens with zero attached hydrogens (tertiary/aromatic N) is 1. The lowest BCUT2D eigenvalue weighted by Gasteiger charge is -2.16. The number of carbonyl (C=O) groups is 1. The minimum Gasteiger partial charge on any atom is -0.348 e. The predicted octanol–water partition coefficient (Wildman–Crippen LogP) is 5.70. The van der Waals surface area contributed by atoms with E-state index in [4.69, 9.17) is 11.6 Å². The largest absolute Gasteiger partial charge is 0.418 e. The van der Waals surface area contributed by atoms with Crippen LogP contribution in [0, 0.1) is 13.8 Å². The monoisotopic (exact) mass is 406 g/mol. The van der Waals surface area contributed by atoms with Crippen molar-refractivity contribution in [2.75, 3.05) is 0 Å². The Kier molecular flexibility index (Phi) is 5.52. The summed E-state index contributed by atoms with van der Waals surface area (Å²) in [5, 5.41) is 3.35. The first kappa shape index (κ1) is 20.0. The number of amides is 1. The van der Waals surface area contributed by atoms with Crippen LogP contribution in [0.25, 0.3) is 5.69 Å². The molecule has 2 aromatic carbocycles. The van der Waals surface area contributed by atoms with Crippen LogP contribution in [0.3, 0.4) is 0 Å². The summed E-state index contributed by atoms with van der Waals surface area (Å²) in [6.07, 6.45) is -4.49. The summed E-state index contributed by atoms with van der Waals surface area (Å²) < 4.78 is 41.7. The molecule has 3 rings (SSSR count). The van der Waals surface area contributed by atoms with Gasteiger partial charge in [0.15, 0.2) is 0 Å². The summed E-state index contributed by atoms with van der Waals surface area (Å²) in [5.41, 5.74) is 1.40. The van der Waals surface area contributed by atoms with Crippen LogP contribution < -0.4 is 5.32 Å². The zero-order valence-electron chi connectivity index (χ0n) is 15.3. The average Bonchev–Trinajstić information content (AvgIpc) is 2.93. The van der Waals surface area contributed by atoms with Crippen molar-refractivity contribution in [3.8, 4) is 5.69 Å². The second kappa shape index (κ2) is 7.72. The van der Waals surface area contributed by atoms with Gasteiger partial charge in [0.2, 0.25) is 0 Å². The average molecular weight is 407 g/mol. The Labute approximate surface area is 165 Å². The highest BCUT2D eigenvalue weighted by Gasteiger charge is 2.34. The third kappa shape index (κ3) is 4.07. The maximum atomic E-state index is 13.4. The van der Waals surface area contributed by atoms with Crippen molar-refractivity contribution in [3.05, 3.63) is 87.7 Å². The number of aryl methyl sites for hydroxylation is 1. The molecule has 1 aromatic heterocycles. The second-order valence-electron chi connectivity index (χ2n) is 6.45. The smallest absolute Gasteiger partial charge is 0.348 e. The minimum absolute atomic E-state index is 0.00103. The SMILES string of the molecule is Cc1cc(C(=O)NCc2cccc(Cl)c2)c(C)n1-c1ccccc1C(F)(F)F. The molecule has 3 nitrogen and oxygen atoms in total. The van der Waals surface area contributed by atoms with Crippen molar-refractivity contribution in [3.63, 3.8) is 0 Å². The molecule has 3 aromatic rings. The molecule has 0 spiro atoms. The zero-order valence-corrected chi connectivity index (χ0v) is 16.0. The van der Waals surface area contributed by atoms with E-state index in [1.165, 1.54) is 16.7 Å². The molecule has 0 unspecified atom stereocenters. The van der Waals surface area contributed by atoms with Gasteiger partial charge in [0.05, 0.1) is 16.8 Å². The van der Waals surface area contributed by atoms with Gasteiger partial charge in [-0.25, -0.2) is 0 Å². The second-order valence-corrected chi connectivity index (χ2v) is 6.88. The Morgan fingerprint density at radius 2 is 1.79 bits per heavy atom. The van der Waals surface area contributed by atoms with Gasteiger partial charge in [-0.2, -0.15) is 13.2 Å².